The molecule has 0 aliphatic carbocycles. The minimum Gasteiger partial charge on any atom is -0.494 e. The van der Waals surface area contributed by atoms with Crippen LogP contribution in [0.3, 0.4) is 0 Å². The van der Waals surface area contributed by atoms with Crippen molar-refractivity contribution in [3.63, 3.8) is 0 Å². The lowest BCUT2D eigenvalue weighted by atomic mass is 10.1. The maximum atomic E-state index is 15.0. The maximum Gasteiger partial charge on any atom is 0.460 e. The van der Waals surface area contributed by atoms with E-state index >= 15 is 8.78 Å². The van der Waals surface area contributed by atoms with Crippen molar-refractivity contribution in [1.29, 1.82) is 0 Å². The number of alkyl halides is 9. The van der Waals surface area contributed by atoms with Gasteiger partial charge < -0.3 is 9.47 Å². The zero-order valence-electron chi connectivity index (χ0n) is 23.1. The number of halogens is 9. The predicted molar refractivity (Wildman–Crippen MR) is 144 cm³/mol. The van der Waals surface area contributed by atoms with Crippen LogP contribution in [0.4, 0.5) is 39.5 Å². The van der Waals surface area contributed by atoms with E-state index < -0.39 is 43.7 Å². The molecule has 0 heterocycles. The summed E-state index contributed by atoms with van der Waals surface area (Å²) in [5.74, 6) is -14.5. The van der Waals surface area contributed by atoms with Crippen molar-refractivity contribution < 1.29 is 61.0 Å². The third-order valence-electron chi connectivity index (χ3n) is 5.95. The van der Waals surface area contributed by atoms with Crippen molar-refractivity contribution in [3.8, 4) is 11.5 Å². The summed E-state index contributed by atoms with van der Waals surface area (Å²) in [4.78, 5) is -0.644. The van der Waals surface area contributed by atoms with E-state index in [9.17, 15) is 39.2 Å². The molecule has 244 valence electrons. The fraction of sp³-hybridized carbons (Fsp3) is 0.357. The van der Waals surface area contributed by atoms with Gasteiger partial charge in [-0.25, -0.2) is 3.63 Å². The third kappa shape index (κ3) is 6.47. The van der Waals surface area contributed by atoms with Gasteiger partial charge in [0.15, 0.2) is 0 Å². The highest BCUT2D eigenvalue weighted by Gasteiger charge is 2.86. The molecule has 0 aromatic heterocycles. The number of hydrogen-bond acceptors (Lipinski definition) is 5. The number of benzene rings is 3. The largest absolute Gasteiger partial charge is 0.494 e. The molecule has 0 unspecified atom stereocenters. The summed E-state index contributed by atoms with van der Waals surface area (Å²) in [6.45, 7) is 4.14. The summed E-state index contributed by atoms with van der Waals surface area (Å²) >= 11 is 0. The molecular weight excluding hydrogens is 651 g/mol. The zero-order valence-corrected chi connectivity index (χ0v) is 24.7. The van der Waals surface area contributed by atoms with Gasteiger partial charge in [-0.3, -0.25) is 0 Å². The number of rotatable bonds is 14. The molecular formula is C28H27F9O5S2. The van der Waals surface area contributed by atoms with Crippen LogP contribution in [0.1, 0.15) is 26.7 Å². The van der Waals surface area contributed by atoms with Gasteiger partial charge in [0.1, 0.15) is 11.5 Å². The molecule has 0 atom stereocenters. The van der Waals surface area contributed by atoms with Crippen molar-refractivity contribution in [2.75, 3.05) is 13.2 Å². The molecule has 0 aliphatic heterocycles. The van der Waals surface area contributed by atoms with Crippen molar-refractivity contribution in [2.24, 2.45) is 0 Å². The van der Waals surface area contributed by atoms with E-state index in [1.807, 2.05) is 13.8 Å². The summed E-state index contributed by atoms with van der Waals surface area (Å²) in [7, 11) is -11.4. The summed E-state index contributed by atoms with van der Waals surface area (Å²) in [6.07, 6.45) is -6.04. The van der Waals surface area contributed by atoms with Crippen LogP contribution in [-0.4, -0.2) is 44.9 Å². The second kappa shape index (κ2) is 13.1. The molecule has 0 amide bonds. The Hall–Kier alpha value is -3.11. The van der Waals surface area contributed by atoms with Crippen molar-refractivity contribution in [2.45, 2.75) is 64.7 Å². The lowest BCUT2D eigenvalue weighted by Gasteiger charge is -2.41. The molecule has 16 heteroatoms. The average Bonchev–Trinajstić information content (AvgIpc) is 2.98. The normalized spacial score (nSPS) is 13.9. The predicted octanol–water partition coefficient (Wildman–Crippen LogP) is 9.23. The maximum absolute atomic E-state index is 15.0. The molecule has 0 spiro atoms. The first-order valence-electron chi connectivity index (χ1n) is 12.9. The first-order chi connectivity index (χ1) is 20.4. The van der Waals surface area contributed by atoms with Gasteiger partial charge in [-0.1, -0.05) is 32.0 Å². The SMILES string of the molecule is CCCOc1ccc(S(OS(=O)(=O)C(F)(F)C(F)(F)C(F)(F)C(F)(F)F)(c2ccccc2)c2ccc(OCCC)cc2)cc1. The van der Waals surface area contributed by atoms with Crippen LogP contribution < -0.4 is 9.47 Å². The topological polar surface area (TPSA) is 61.8 Å². The highest BCUT2D eigenvalue weighted by molar-refractivity contribution is 8.33. The summed E-state index contributed by atoms with van der Waals surface area (Å²) in [6, 6.07) is 16.4. The Morgan fingerprint density at radius 3 is 1.32 bits per heavy atom. The molecule has 0 N–H and O–H groups in total. The van der Waals surface area contributed by atoms with Crippen LogP contribution in [0.5, 0.6) is 11.5 Å². The second-order valence-corrected chi connectivity index (χ2v) is 13.7. The highest BCUT2D eigenvalue weighted by Crippen LogP contribution is 2.71. The average molecular weight is 679 g/mol. The molecule has 0 fully saturated rings. The Labute approximate surface area is 249 Å². The molecule has 0 radical (unpaired) electrons. The third-order valence-corrected chi connectivity index (χ3v) is 11.2. The zero-order chi connectivity index (χ0) is 33.0. The van der Waals surface area contributed by atoms with E-state index in [1.165, 1.54) is 78.9 Å². The van der Waals surface area contributed by atoms with Gasteiger partial charge in [-0.15, -0.1) is 0 Å². The Balaban J connectivity index is 2.33. The number of ether oxygens (including phenoxy) is 2. The van der Waals surface area contributed by atoms with E-state index in [4.69, 9.17) is 13.1 Å². The second-order valence-electron chi connectivity index (χ2n) is 9.19. The van der Waals surface area contributed by atoms with Gasteiger partial charge in [0, 0.05) is 14.7 Å². The summed E-state index contributed by atoms with van der Waals surface area (Å²) in [5.41, 5.74) is 0. The molecule has 3 aromatic carbocycles. The lowest BCUT2D eigenvalue weighted by Crippen LogP contribution is -2.63. The lowest BCUT2D eigenvalue weighted by molar-refractivity contribution is -0.382. The Morgan fingerprint density at radius 1 is 0.568 bits per heavy atom. The van der Waals surface area contributed by atoms with Gasteiger partial charge in [-0.05, 0) is 83.8 Å². The highest BCUT2D eigenvalue weighted by atomic mass is 32.3. The van der Waals surface area contributed by atoms with Crippen LogP contribution in [0, 0.1) is 0 Å². The van der Waals surface area contributed by atoms with E-state index in [0.29, 0.717) is 12.8 Å². The van der Waals surface area contributed by atoms with Crippen molar-refractivity contribution in [3.05, 3.63) is 78.9 Å². The molecule has 0 bridgehead atoms. The van der Waals surface area contributed by atoms with E-state index in [0.717, 1.165) is 0 Å². The van der Waals surface area contributed by atoms with Crippen LogP contribution >= 0.6 is 10.3 Å². The van der Waals surface area contributed by atoms with E-state index in [1.54, 1.807) is 0 Å². The molecule has 0 saturated heterocycles. The fourth-order valence-corrected chi connectivity index (χ4v) is 8.93. The quantitative estimate of drug-likeness (QED) is 0.159. The van der Waals surface area contributed by atoms with Gasteiger partial charge in [-0.2, -0.15) is 47.9 Å². The molecule has 44 heavy (non-hydrogen) atoms. The van der Waals surface area contributed by atoms with Crippen molar-refractivity contribution >= 4 is 20.4 Å². The minimum absolute atomic E-state index is 0.199. The standard InChI is InChI=1S/C28H27F9O5S2/c1-3-18-40-20-10-14-23(15-11-20)43(22-8-6-5-7-9-22,24-16-12-21(13-17-24)41-19-4-2)42-44(38,39)28(36,37)26(31,32)25(29,30)27(33,34)35/h5-17H,3-4,18-19H2,1-2H3. The fourth-order valence-electron chi connectivity index (χ4n) is 3.73. The molecule has 0 aliphatic rings. The van der Waals surface area contributed by atoms with E-state index in [-0.39, 0.29) is 39.4 Å². The molecule has 3 aromatic rings. The van der Waals surface area contributed by atoms with Crippen LogP contribution in [-0.2, 0) is 13.7 Å². The first-order valence-corrected chi connectivity index (χ1v) is 15.9. The number of hydrogen-bond donors (Lipinski definition) is 0. The summed E-state index contributed by atoms with van der Waals surface area (Å²) in [5, 5.41) is -7.07. The smallest absolute Gasteiger partial charge is 0.460 e. The Kier molecular flexibility index (Phi) is 10.5. The molecule has 5 nitrogen and oxygen atoms in total. The van der Waals surface area contributed by atoms with Crippen LogP contribution in [0.25, 0.3) is 0 Å². The minimum atomic E-state index is -7.48. The Bertz CT molecular complexity index is 1430. The van der Waals surface area contributed by atoms with Gasteiger partial charge in [0.2, 0.25) is 0 Å². The van der Waals surface area contributed by atoms with Crippen LogP contribution in [0.2, 0.25) is 0 Å². The van der Waals surface area contributed by atoms with Gasteiger partial charge in [0.25, 0.3) is 0 Å². The van der Waals surface area contributed by atoms with Crippen molar-refractivity contribution in [1.82, 2.24) is 0 Å². The Morgan fingerprint density at radius 2 is 0.955 bits per heavy atom. The van der Waals surface area contributed by atoms with Gasteiger partial charge in [0.05, 0.1) is 13.2 Å². The van der Waals surface area contributed by atoms with E-state index in [2.05, 4.69) is 0 Å². The molecule has 0 saturated carbocycles. The first kappa shape index (κ1) is 35.4. The van der Waals surface area contributed by atoms with Gasteiger partial charge >= 0.3 is 33.4 Å². The van der Waals surface area contributed by atoms with Crippen LogP contribution in [0.15, 0.2) is 93.5 Å². The molecule has 3 rings (SSSR count). The summed E-state index contributed by atoms with van der Waals surface area (Å²) < 4.78 is 167. The monoisotopic (exact) mass is 678 g/mol.